The summed E-state index contributed by atoms with van der Waals surface area (Å²) in [5, 5.41) is 11.1. The minimum absolute atomic E-state index is 0.00276. The minimum Gasteiger partial charge on any atom is -0.390 e. The summed E-state index contributed by atoms with van der Waals surface area (Å²) in [6.45, 7) is 1.10. The summed E-state index contributed by atoms with van der Waals surface area (Å²) in [5.74, 6) is 0.198. The molecule has 0 spiro atoms. The van der Waals surface area contributed by atoms with E-state index >= 15 is 0 Å². The first-order valence-electron chi connectivity index (χ1n) is 11.7. The van der Waals surface area contributed by atoms with Gasteiger partial charge in [0.2, 0.25) is 15.9 Å². The summed E-state index contributed by atoms with van der Waals surface area (Å²) < 4.78 is 30.4. The number of piperidine rings is 1. The summed E-state index contributed by atoms with van der Waals surface area (Å²) in [6.07, 6.45) is 8.04. The average molecular weight is 579 g/mol. The second kappa shape index (κ2) is 11.2. The smallest absolute Gasteiger partial charge is 0.390 e. The molecule has 1 unspecified atom stereocenters. The van der Waals surface area contributed by atoms with E-state index in [-0.39, 0.29) is 38.8 Å². The number of hydrogen-bond donors (Lipinski definition) is 1. The third-order valence-corrected chi connectivity index (χ3v) is 9.56. The van der Waals surface area contributed by atoms with Gasteiger partial charge in [-0.15, -0.1) is 0 Å². The average Bonchev–Trinajstić information content (AvgIpc) is 3.29. The molecule has 10 nitrogen and oxygen atoms in total. The van der Waals surface area contributed by atoms with Crippen LogP contribution in [0.25, 0.3) is 0 Å². The highest BCUT2D eigenvalue weighted by Gasteiger charge is 2.37. The molecule has 196 valence electrons. The van der Waals surface area contributed by atoms with Crippen LogP contribution in [-0.2, 0) is 21.4 Å². The van der Waals surface area contributed by atoms with Crippen molar-refractivity contribution < 1.29 is 18.1 Å². The van der Waals surface area contributed by atoms with E-state index in [9.17, 15) is 23.3 Å². The zero-order chi connectivity index (χ0) is 26.0. The van der Waals surface area contributed by atoms with Gasteiger partial charge in [0.1, 0.15) is 23.3 Å². The number of carbonyl (C=O) groups is 1. The molecule has 2 fully saturated rings. The van der Waals surface area contributed by atoms with Crippen LogP contribution in [0, 0.1) is 22.0 Å². The Morgan fingerprint density at radius 1 is 1.17 bits per heavy atom. The first-order chi connectivity index (χ1) is 17.1. The Labute approximate surface area is 224 Å². The van der Waals surface area contributed by atoms with Crippen molar-refractivity contribution in [2.45, 2.75) is 56.0 Å². The van der Waals surface area contributed by atoms with E-state index in [1.807, 2.05) is 0 Å². The van der Waals surface area contributed by atoms with Gasteiger partial charge in [-0.05, 0) is 41.7 Å². The van der Waals surface area contributed by atoms with E-state index in [2.05, 4.69) is 9.71 Å². The second-order valence-corrected chi connectivity index (χ2v) is 12.1. The maximum Gasteiger partial charge on any atom is 0.434 e. The Kier molecular flexibility index (Phi) is 8.45. The second-order valence-electron chi connectivity index (χ2n) is 9.22. The number of carbonyl (C=O) groups excluding carboxylic acids is 1. The van der Waals surface area contributed by atoms with Crippen molar-refractivity contribution in [3.63, 3.8) is 0 Å². The molecule has 36 heavy (non-hydrogen) atoms. The molecule has 1 aromatic heterocycles. The Balaban J connectivity index is 1.59. The highest BCUT2D eigenvalue weighted by atomic mass is 35.5. The lowest BCUT2D eigenvalue weighted by atomic mass is 9.75. The Morgan fingerprint density at radius 3 is 2.50 bits per heavy atom. The van der Waals surface area contributed by atoms with Gasteiger partial charge in [0.25, 0.3) is 0 Å². The van der Waals surface area contributed by atoms with Crippen LogP contribution in [0.4, 0.5) is 5.95 Å². The largest absolute Gasteiger partial charge is 0.434 e. The Morgan fingerprint density at radius 2 is 1.83 bits per heavy atom. The van der Waals surface area contributed by atoms with Crippen molar-refractivity contribution >= 4 is 56.7 Å². The van der Waals surface area contributed by atoms with Crippen LogP contribution in [0.5, 0.6) is 0 Å². The lowest BCUT2D eigenvalue weighted by Crippen LogP contribution is -2.53. The molecule has 2 heterocycles. The van der Waals surface area contributed by atoms with Crippen LogP contribution in [0.1, 0.15) is 38.5 Å². The fraction of sp³-hybridized carbons (Fsp3) is 0.545. The first-order valence-corrected chi connectivity index (χ1v) is 14.3. The van der Waals surface area contributed by atoms with Gasteiger partial charge in [0, 0.05) is 24.5 Å². The predicted octanol–water partition coefficient (Wildman–Crippen LogP) is 4.53. The highest BCUT2D eigenvalue weighted by molar-refractivity contribution is 7.89. The fourth-order valence-electron chi connectivity index (χ4n) is 5.20. The lowest BCUT2D eigenvalue weighted by molar-refractivity contribution is -0.396. The number of aromatic nitrogens is 2. The highest BCUT2D eigenvalue weighted by Crippen LogP contribution is 2.37. The lowest BCUT2D eigenvalue weighted by Gasteiger charge is -2.42. The molecule has 0 radical (unpaired) electrons. The monoisotopic (exact) mass is 577 g/mol. The molecule has 14 heteroatoms. The molecular formula is C22H26Cl3N5O5S. The van der Waals surface area contributed by atoms with Crippen LogP contribution in [0.3, 0.4) is 0 Å². The third-order valence-electron chi connectivity index (χ3n) is 6.95. The number of sulfonamides is 1. The number of fused-ring (bicyclic) bond motifs is 1. The number of likely N-dealkylation sites (tertiary alicyclic amines) is 1. The van der Waals surface area contributed by atoms with E-state index in [4.69, 9.17) is 34.8 Å². The molecule has 1 N–H and O–H groups in total. The van der Waals surface area contributed by atoms with Gasteiger partial charge < -0.3 is 15.0 Å². The number of nitro groups is 1. The van der Waals surface area contributed by atoms with E-state index in [1.54, 1.807) is 4.90 Å². The normalized spacial score (nSPS) is 21.1. The summed E-state index contributed by atoms with van der Waals surface area (Å²) >= 11 is 18.2. The summed E-state index contributed by atoms with van der Waals surface area (Å²) in [6, 6.07) is 1.31. The number of benzene rings is 1. The molecule has 4 rings (SSSR count). The van der Waals surface area contributed by atoms with Gasteiger partial charge in [-0.2, -0.15) is 4.72 Å². The van der Waals surface area contributed by atoms with Crippen LogP contribution >= 0.6 is 34.8 Å². The minimum atomic E-state index is -4.34. The molecule has 2 aliphatic rings. The quantitative estimate of drug-likeness (QED) is 0.362. The number of hydrogen-bond acceptors (Lipinski definition) is 6. The van der Waals surface area contributed by atoms with E-state index < -0.39 is 26.9 Å². The number of nitrogens with one attached hydrogen (secondary N) is 1. The number of halogens is 3. The van der Waals surface area contributed by atoms with Crippen LogP contribution in [0.15, 0.2) is 29.4 Å². The molecule has 1 saturated carbocycles. The number of imidazole rings is 1. The topological polar surface area (TPSA) is 127 Å². The molecule has 3 atom stereocenters. The zero-order valence-electron chi connectivity index (χ0n) is 19.3. The van der Waals surface area contributed by atoms with Gasteiger partial charge in [-0.3, -0.25) is 4.79 Å². The maximum atomic E-state index is 13.6. The fourth-order valence-corrected chi connectivity index (χ4v) is 7.97. The molecule has 1 aliphatic carbocycles. The van der Waals surface area contributed by atoms with Gasteiger partial charge in [-0.25, -0.2) is 13.0 Å². The molecule has 1 aliphatic heterocycles. The molecular weight excluding hydrogens is 553 g/mol. The SMILES string of the molecule is O=C(C(CCn1ccnc1[N+](=O)[O-])NS(=O)(=O)c1c(Cl)cc(Cl)cc1Cl)N1CC[C@H]2CCCC[C@@H]2C1. The van der Waals surface area contributed by atoms with Crippen LogP contribution < -0.4 is 4.72 Å². The molecule has 2 aromatic rings. The van der Waals surface area contributed by atoms with Crippen molar-refractivity contribution in [2.75, 3.05) is 13.1 Å². The molecule has 0 bridgehead atoms. The Hall–Kier alpha value is -1.92. The van der Waals surface area contributed by atoms with Crippen molar-refractivity contribution in [1.82, 2.24) is 19.2 Å². The van der Waals surface area contributed by atoms with E-state index in [1.165, 1.54) is 35.5 Å². The van der Waals surface area contributed by atoms with Crippen LogP contribution in [0.2, 0.25) is 15.1 Å². The molecule has 1 amide bonds. The van der Waals surface area contributed by atoms with Crippen molar-refractivity contribution in [3.05, 3.63) is 49.7 Å². The van der Waals surface area contributed by atoms with E-state index in [0.29, 0.717) is 24.9 Å². The van der Waals surface area contributed by atoms with Gasteiger partial charge in [-0.1, -0.05) is 59.0 Å². The summed E-state index contributed by atoms with van der Waals surface area (Å²) in [7, 11) is -4.34. The van der Waals surface area contributed by atoms with Gasteiger partial charge in [0.15, 0.2) is 0 Å². The number of amides is 1. The van der Waals surface area contributed by atoms with Crippen molar-refractivity contribution in [2.24, 2.45) is 11.8 Å². The first kappa shape index (κ1) is 27.1. The number of rotatable bonds is 8. The maximum absolute atomic E-state index is 13.6. The van der Waals surface area contributed by atoms with Gasteiger partial charge in [0.05, 0.1) is 16.6 Å². The zero-order valence-corrected chi connectivity index (χ0v) is 22.4. The number of aryl methyl sites for hydroxylation is 1. The van der Waals surface area contributed by atoms with Crippen LogP contribution in [-0.4, -0.2) is 52.8 Å². The molecule has 1 aromatic carbocycles. The summed E-state index contributed by atoms with van der Waals surface area (Å²) in [5.41, 5.74) is 0. The molecule has 1 saturated heterocycles. The van der Waals surface area contributed by atoms with Crippen molar-refractivity contribution in [1.29, 1.82) is 0 Å². The predicted molar refractivity (Wildman–Crippen MR) is 136 cm³/mol. The van der Waals surface area contributed by atoms with Crippen molar-refractivity contribution in [3.8, 4) is 0 Å². The van der Waals surface area contributed by atoms with Gasteiger partial charge >= 0.3 is 5.95 Å². The standard InChI is InChI=1S/C22H26Cl3N5O5S/c23-16-11-17(24)20(18(25)12-16)36(34,35)27-19(6-9-28-10-7-26-22(28)30(32)33)21(31)29-8-5-14-3-1-2-4-15(14)13-29/h7,10-12,14-15,19,27H,1-6,8-9,13H2/t14-,15-,19?/m1/s1. The third kappa shape index (κ3) is 5.96. The Bertz CT molecular complexity index is 1230. The van der Waals surface area contributed by atoms with E-state index in [0.717, 1.165) is 25.7 Å². The summed E-state index contributed by atoms with van der Waals surface area (Å²) in [4.78, 5) is 29.3. The number of nitrogens with zero attached hydrogens (tertiary/aromatic N) is 4.